The Bertz CT molecular complexity index is 762. The maximum atomic E-state index is 12.4. The number of rotatable bonds is 12. The van der Waals surface area contributed by atoms with Gasteiger partial charge in [-0.05, 0) is 74.9 Å². The van der Waals surface area contributed by atoms with Gasteiger partial charge in [0.25, 0.3) is 0 Å². The van der Waals surface area contributed by atoms with Gasteiger partial charge in [-0.25, -0.2) is 0 Å². The zero-order valence-electron chi connectivity index (χ0n) is 18.4. The Kier molecular flexibility index (Phi) is 10.2. The van der Waals surface area contributed by atoms with E-state index in [0.717, 1.165) is 0 Å². The SMILES string of the molecule is CCOP(=O)(O)Cc1c(C)c(CP(=O)(O)OCC)c(C)c(CP(=O)(O)OCC)c1C. The fourth-order valence-corrected chi connectivity index (χ4v) is 7.55. The highest BCUT2D eigenvalue weighted by Crippen LogP contribution is 2.53. The van der Waals surface area contributed by atoms with Crippen LogP contribution in [0.4, 0.5) is 0 Å². The molecule has 0 aromatic heterocycles. The highest BCUT2D eigenvalue weighted by atomic mass is 31.2. The normalized spacial score (nSPS) is 17.9. The fraction of sp³-hybridized carbons (Fsp3) is 0.667. The topological polar surface area (TPSA) is 140 Å². The summed E-state index contributed by atoms with van der Waals surface area (Å²) in [5, 5.41) is 0. The Balaban J connectivity index is 3.69. The van der Waals surface area contributed by atoms with Crippen LogP contribution < -0.4 is 0 Å². The molecule has 0 bridgehead atoms. The lowest BCUT2D eigenvalue weighted by Gasteiger charge is -2.25. The second-order valence-electron chi connectivity index (χ2n) is 6.95. The monoisotopic (exact) mass is 486 g/mol. The van der Waals surface area contributed by atoms with Crippen molar-refractivity contribution in [2.75, 3.05) is 19.8 Å². The molecule has 0 radical (unpaired) electrons. The van der Waals surface area contributed by atoms with Crippen molar-refractivity contribution in [1.82, 2.24) is 0 Å². The molecule has 12 heteroatoms. The predicted octanol–water partition coefficient (Wildman–Crippen LogP) is 4.78. The van der Waals surface area contributed by atoms with Crippen LogP contribution in [0.1, 0.15) is 54.2 Å². The van der Waals surface area contributed by atoms with Crippen LogP contribution in [0.25, 0.3) is 0 Å². The van der Waals surface area contributed by atoms with Crippen LogP contribution >= 0.6 is 22.8 Å². The summed E-state index contributed by atoms with van der Waals surface area (Å²) in [6.45, 7) is 10.0. The van der Waals surface area contributed by atoms with Gasteiger partial charge in [0.2, 0.25) is 0 Å². The first kappa shape index (κ1) is 27.7. The van der Waals surface area contributed by atoms with Gasteiger partial charge in [-0.1, -0.05) is 0 Å². The van der Waals surface area contributed by atoms with Crippen LogP contribution in [-0.2, 0) is 45.8 Å². The molecule has 3 unspecified atom stereocenters. The Morgan fingerprint density at radius 1 is 0.567 bits per heavy atom. The fourth-order valence-electron chi connectivity index (χ4n) is 3.44. The summed E-state index contributed by atoms with van der Waals surface area (Å²) < 4.78 is 52.3. The summed E-state index contributed by atoms with van der Waals surface area (Å²) in [7, 11) is -11.9. The summed E-state index contributed by atoms with van der Waals surface area (Å²) in [6.07, 6.45) is -0.978. The molecule has 0 aliphatic heterocycles. The van der Waals surface area contributed by atoms with Crippen molar-refractivity contribution < 1.29 is 41.9 Å². The van der Waals surface area contributed by atoms with Crippen molar-refractivity contribution in [3.05, 3.63) is 33.4 Å². The molecule has 0 saturated carbocycles. The Hall–Kier alpha value is -0.330. The van der Waals surface area contributed by atoms with E-state index in [2.05, 4.69) is 0 Å². The summed E-state index contributed by atoms with van der Waals surface area (Å²) in [5.74, 6) is 0. The quantitative estimate of drug-likeness (QED) is 0.356. The lowest BCUT2D eigenvalue weighted by Crippen LogP contribution is -2.10. The van der Waals surface area contributed by atoms with Crippen LogP contribution in [0.3, 0.4) is 0 Å². The Morgan fingerprint density at radius 2 is 0.767 bits per heavy atom. The van der Waals surface area contributed by atoms with Gasteiger partial charge >= 0.3 is 22.8 Å². The zero-order valence-corrected chi connectivity index (χ0v) is 21.1. The summed E-state index contributed by atoms with van der Waals surface area (Å²) in [4.78, 5) is 30.5. The molecule has 0 aliphatic rings. The van der Waals surface area contributed by atoms with Crippen LogP contribution in [0.15, 0.2) is 0 Å². The van der Waals surface area contributed by atoms with Crippen LogP contribution in [0.5, 0.6) is 0 Å². The van der Waals surface area contributed by atoms with Crippen molar-refractivity contribution in [3.63, 3.8) is 0 Å². The van der Waals surface area contributed by atoms with E-state index in [0.29, 0.717) is 33.4 Å². The average Bonchev–Trinajstić information content (AvgIpc) is 2.59. The minimum Gasteiger partial charge on any atom is -0.324 e. The zero-order chi connectivity index (χ0) is 23.3. The lowest BCUT2D eigenvalue weighted by atomic mass is 9.90. The maximum Gasteiger partial charge on any atom is 0.332 e. The summed E-state index contributed by atoms with van der Waals surface area (Å²) in [5.41, 5.74) is 3.00. The third kappa shape index (κ3) is 7.67. The van der Waals surface area contributed by atoms with Crippen molar-refractivity contribution in [3.8, 4) is 0 Å². The van der Waals surface area contributed by atoms with Gasteiger partial charge < -0.3 is 28.3 Å². The lowest BCUT2D eigenvalue weighted by molar-refractivity contribution is 0.271. The molecule has 1 rings (SSSR count). The van der Waals surface area contributed by atoms with Gasteiger partial charge in [0.05, 0.1) is 38.3 Å². The molecule has 3 atom stereocenters. The molecule has 1 aromatic rings. The van der Waals surface area contributed by atoms with Crippen molar-refractivity contribution >= 4 is 22.8 Å². The van der Waals surface area contributed by atoms with Gasteiger partial charge in [0.1, 0.15) is 0 Å². The van der Waals surface area contributed by atoms with E-state index in [4.69, 9.17) is 13.6 Å². The summed E-state index contributed by atoms with van der Waals surface area (Å²) >= 11 is 0. The van der Waals surface area contributed by atoms with E-state index in [1.165, 1.54) is 0 Å². The van der Waals surface area contributed by atoms with Gasteiger partial charge in [-0.15, -0.1) is 0 Å². The molecule has 3 N–H and O–H groups in total. The van der Waals surface area contributed by atoms with Crippen LogP contribution in [0.2, 0.25) is 0 Å². The second kappa shape index (κ2) is 11.0. The Morgan fingerprint density at radius 3 is 0.933 bits per heavy atom. The third-order valence-corrected chi connectivity index (χ3v) is 8.91. The Labute approximate surface area is 178 Å². The predicted molar refractivity (Wildman–Crippen MR) is 116 cm³/mol. The number of hydrogen-bond donors (Lipinski definition) is 3. The molecular formula is C18H33O9P3. The van der Waals surface area contributed by atoms with Gasteiger partial charge in [0, 0.05) is 0 Å². The van der Waals surface area contributed by atoms with Crippen molar-refractivity contribution in [1.29, 1.82) is 0 Å². The molecule has 0 fully saturated rings. The molecule has 174 valence electrons. The molecule has 0 saturated heterocycles. The molecule has 0 heterocycles. The molecule has 9 nitrogen and oxygen atoms in total. The molecule has 30 heavy (non-hydrogen) atoms. The third-order valence-electron chi connectivity index (χ3n) is 4.78. The highest BCUT2D eigenvalue weighted by molar-refractivity contribution is 7.52. The summed E-state index contributed by atoms with van der Waals surface area (Å²) in [6, 6.07) is 0. The van der Waals surface area contributed by atoms with E-state index in [9.17, 15) is 28.4 Å². The van der Waals surface area contributed by atoms with Gasteiger partial charge in [-0.3, -0.25) is 13.7 Å². The second-order valence-corrected chi connectivity index (χ2v) is 12.5. The van der Waals surface area contributed by atoms with Gasteiger partial charge in [0.15, 0.2) is 0 Å². The molecule has 0 amide bonds. The van der Waals surface area contributed by atoms with Crippen molar-refractivity contribution in [2.24, 2.45) is 0 Å². The average molecular weight is 486 g/mol. The molecule has 0 aliphatic carbocycles. The molecule has 1 aromatic carbocycles. The molecular weight excluding hydrogens is 453 g/mol. The van der Waals surface area contributed by atoms with E-state index >= 15 is 0 Å². The first-order valence-electron chi connectivity index (χ1n) is 9.69. The van der Waals surface area contributed by atoms with E-state index in [1.807, 2.05) is 0 Å². The maximum absolute atomic E-state index is 12.4. The van der Waals surface area contributed by atoms with Gasteiger partial charge in [-0.2, -0.15) is 0 Å². The van der Waals surface area contributed by atoms with Crippen molar-refractivity contribution in [2.45, 2.75) is 60.0 Å². The standard InChI is InChI=1S/C18H33O9P3/c1-7-25-28(19,20)10-16-13(4)17(11-29(21,22)26-8-2)15(6)18(14(16)5)12-30(23,24)27-9-3/h7-12H2,1-6H3,(H,19,20)(H,21,22)(H,23,24). The van der Waals surface area contributed by atoms with E-state index in [1.54, 1.807) is 41.5 Å². The van der Waals surface area contributed by atoms with Crippen LogP contribution in [-0.4, -0.2) is 34.5 Å². The van der Waals surface area contributed by atoms with E-state index in [-0.39, 0.29) is 38.3 Å². The first-order chi connectivity index (χ1) is 13.7. The van der Waals surface area contributed by atoms with Crippen LogP contribution in [0, 0.1) is 20.8 Å². The largest absolute Gasteiger partial charge is 0.332 e. The first-order valence-corrected chi connectivity index (χ1v) is 15.0. The molecule has 0 spiro atoms. The van der Waals surface area contributed by atoms with E-state index < -0.39 is 22.8 Å². The minimum atomic E-state index is -3.98. The number of hydrogen-bond acceptors (Lipinski definition) is 6. The number of benzene rings is 1. The smallest absolute Gasteiger partial charge is 0.324 e. The highest BCUT2D eigenvalue weighted by Gasteiger charge is 2.31. The minimum absolute atomic E-state index is 0.0454.